The molecule has 1 N–H and O–H groups in total. The van der Waals surface area contributed by atoms with Gasteiger partial charge in [-0.2, -0.15) is 10.2 Å². The Morgan fingerprint density at radius 2 is 2.20 bits per heavy atom. The summed E-state index contributed by atoms with van der Waals surface area (Å²) in [6.45, 7) is 4.59. The van der Waals surface area contributed by atoms with E-state index in [1.807, 2.05) is 6.92 Å². The summed E-state index contributed by atoms with van der Waals surface area (Å²) in [6, 6.07) is 1.73. The largest absolute Gasteiger partial charge is 0.481 e. The number of nitrogens with zero attached hydrogens (tertiary/aromatic N) is 3. The van der Waals surface area contributed by atoms with Gasteiger partial charge in [-0.25, -0.2) is 0 Å². The number of aliphatic carboxylic acids is 1. The van der Waals surface area contributed by atoms with Gasteiger partial charge in [0.25, 0.3) is 5.91 Å². The molecule has 1 atom stereocenters. The molecule has 1 aromatic heterocycles. The molecule has 0 radical (unpaired) electrons. The highest BCUT2D eigenvalue weighted by Gasteiger charge is 2.29. The number of carboxylic acids is 1. The number of carbonyl (C=O) groups is 2. The summed E-state index contributed by atoms with van der Waals surface area (Å²) < 4.78 is 0. The maximum absolute atomic E-state index is 12.6. The van der Waals surface area contributed by atoms with Gasteiger partial charge >= 0.3 is 5.97 Å². The number of carboxylic acid groups (broad SMARTS) is 1. The first-order chi connectivity index (χ1) is 9.52. The maximum Gasteiger partial charge on any atom is 0.308 e. The first-order valence-electron chi connectivity index (χ1n) is 6.88. The molecule has 1 aliphatic heterocycles. The second kappa shape index (κ2) is 5.98. The molecule has 20 heavy (non-hydrogen) atoms. The van der Waals surface area contributed by atoms with Crippen molar-refractivity contribution >= 4 is 11.9 Å². The van der Waals surface area contributed by atoms with E-state index in [4.69, 9.17) is 5.11 Å². The predicted octanol–water partition coefficient (Wildman–Crippen LogP) is 1.28. The molecule has 6 heteroatoms. The van der Waals surface area contributed by atoms with E-state index >= 15 is 0 Å². The van der Waals surface area contributed by atoms with E-state index in [-0.39, 0.29) is 12.5 Å². The smallest absolute Gasteiger partial charge is 0.308 e. The van der Waals surface area contributed by atoms with Crippen molar-refractivity contribution in [2.45, 2.75) is 33.1 Å². The third kappa shape index (κ3) is 2.95. The fraction of sp³-hybridized carbons (Fsp3) is 0.571. The molecule has 2 heterocycles. The molecular weight excluding hydrogens is 258 g/mol. The Morgan fingerprint density at radius 3 is 2.85 bits per heavy atom. The van der Waals surface area contributed by atoms with Gasteiger partial charge in [-0.15, -0.1) is 0 Å². The van der Waals surface area contributed by atoms with Crippen molar-refractivity contribution in [3.8, 4) is 0 Å². The number of likely N-dealkylation sites (tertiary alicyclic amines) is 1. The van der Waals surface area contributed by atoms with Crippen LogP contribution in [0.5, 0.6) is 0 Å². The first-order valence-corrected chi connectivity index (χ1v) is 6.88. The van der Waals surface area contributed by atoms with Crippen LogP contribution in [0.3, 0.4) is 0 Å². The van der Waals surface area contributed by atoms with Crippen molar-refractivity contribution in [2.75, 3.05) is 13.1 Å². The van der Waals surface area contributed by atoms with E-state index in [2.05, 4.69) is 10.2 Å². The minimum Gasteiger partial charge on any atom is -0.481 e. The molecule has 0 bridgehead atoms. The quantitative estimate of drug-likeness (QED) is 0.900. The Hall–Kier alpha value is -1.98. The standard InChI is InChI=1S/C14H19N3O3/c1-3-12-11(7-9(2)15-16-12)13(18)17-6-4-5-10(8-17)14(19)20/h7,10H,3-6,8H2,1-2H3,(H,19,20)/t10-/m0/s1. The van der Waals surface area contributed by atoms with Crippen LogP contribution in [-0.2, 0) is 11.2 Å². The summed E-state index contributed by atoms with van der Waals surface area (Å²) in [4.78, 5) is 25.3. The van der Waals surface area contributed by atoms with E-state index in [9.17, 15) is 9.59 Å². The minimum absolute atomic E-state index is 0.134. The molecule has 1 aromatic rings. The molecule has 2 rings (SSSR count). The lowest BCUT2D eigenvalue weighted by atomic mass is 9.97. The number of carbonyl (C=O) groups excluding carboxylic acids is 1. The van der Waals surface area contributed by atoms with Crippen molar-refractivity contribution in [3.63, 3.8) is 0 Å². The van der Waals surface area contributed by atoms with Crippen LogP contribution < -0.4 is 0 Å². The highest BCUT2D eigenvalue weighted by atomic mass is 16.4. The summed E-state index contributed by atoms with van der Waals surface area (Å²) in [5.74, 6) is -1.43. The van der Waals surface area contributed by atoms with E-state index in [0.717, 1.165) is 6.42 Å². The average molecular weight is 277 g/mol. The minimum atomic E-state index is -0.831. The molecule has 108 valence electrons. The maximum atomic E-state index is 12.6. The monoisotopic (exact) mass is 277 g/mol. The SMILES string of the molecule is CCc1nnc(C)cc1C(=O)N1CCC[C@H](C(=O)O)C1. The lowest BCUT2D eigenvalue weighted by molar-refractivity contribution is -0.143. The molecular formula is C14H19N3O3. The van der Waals surface area contributed by atoms with Gasteiger partial charge < -0.3 is 10.0 Å². The van der Waals surface area contributed by atoms with Crippen LogP contribution in [-0.4, -0.2) is 45.2 Å². The molecule has 0 aromatic carbocycles. The molecule has 0 saturated carbocycles. The van der Waals surface area contributed by atoms with Gasteiger partial charge in [0.05, 0.1) is 22.9 Å². The van der Waals surface area contributed by atoms with Crippen LogP contribution in [0.1, 0.15) is 41.5 Å². The van der Waals surface area contributed by atoms with Crippen LogP contribution in [0.25, 0.3) is 0 Å². The van der Waals surface area contributed by atoms with Crippen LogP contribution in [0.4, 0.5) is 0 Å². The molecule has 1 aliphatic rings. The van der Waals surface area contributed by atoms with E-state index in [1.165, 1.54) is 0 Å². The Labute approximate surface area is 117 Å². The van der Waals surface area contributed by atoms with Crippen LogP contribution in [0.2, 0.25) is 0 Å². The number of piperidine rings is 1. The number of amides is 1. The fourth-order valence-corrected chi connectivity index (χ4v) is 2.49. The summed E-state index contributed by atoms with van der Waals surface area (Å²) in [6.07, 6.45) is 1.99. The summed E-state index contributed by atoms with van der Waals surface area (Å²) in [5, 5.41) is 17.1. The molecule has 0 unspecified atom stereocenters. The first kappa shape index (κ1) is 14.4. The number of hydrogen-bond donors (Lipinski definition) is 1. The topological polar surface area (TPSA) is 83.4 Å². The van der Waals surface area contributed by atoms with Crippen molar-refractivity contribution in [3.05, 3.63) is 23.0 Å². The zero-order chi connectivity index (χ0) is 14.7. The van der Waals surface area contributed by atoms with Crippen molar-refractivity contribution < 1.29 is 14.7 Å². The van der Waals surface area contributed by atoms with Gasteiger partial charge in [-0.1, -0.05) is 6.92 Å². The van der Waals surface area contributed by atoms with Gasteiger partial charge in [-0.05, 0) is 32.3 Å². The molecule has 6 nitrogen and oxygen atoms in total. The van der Waals surface area contributed by atoms with E-state index < -0.39 is 11.9 Å². The number of rotatable bonds is 3. The van der Waals surface area contributed by atoms with Crippen molar-refractivity contribution in [1.82, 2.24) is 15.1 Å². The second-order valence-electron chi connectivity index (χ2n) is 5.13. The Bertz CT molecular complexity index is 530. The van der Waals surface area contributed by atoms with Crippen molar-refractivity contribution in [2.24, 2.45) is 5.92 Å². The Morgan fingerprint density at radius 1 is 1.45 bits per heavy atom. The fourth-order valence-electron chi connectivity index (χ4n) is 2.49. The summed E-state index contributed by atoms with van der Waals surface area (Å²) in [7, 11) is 0. The van der Waals surface area contributed by atoms with Crippen LogP contribution in [0, 0.1) is 12.8 Å². The number of hydrogen-bond acceptors (Lipinski definition) is 4. The highest BCUT2D eigenvalue weighted by Crippen LogP contribution is 2.20. The molecule has 0 aliphatic carbocycles. The van der Waals surface area contributed by atoms with Gasteiger partial charge in [0.2, 0.25) is 0 Å². The van der Waals surface area contributed by atoms with E-state index in [1.54, 1.807) is 17.9 Å². The van der Waals surface area contributed by atoms with Gasteiger partial charge in [0.15, 0.2) is 0 Å². The van der Waals surface area contributed by atoms with Gasteiger partial charge in [0, 0.05) is 13.1 Å². The van der Waals surface area contributed by atoms with Crippen LogP contribution in [0.15, 0.2) is 6.07 Å². The Balaban J connectivity index is 2.22. The summed E-state index contributed by atoms with van der Waals surface area (Å²) in [5.41, 5.74) is 1.90. The van der Waals surface area contributed by atoms with Gasteiger partial charge in [0.1, 0.15) is 0 Å². The molecule has 1 saturated heterocycles. The number of aromatic nitrogens is 2. The van der Waals surface area contributed by atoms with E-state index in [0.29, 0.717) is 36.3 Å². The average Bonchev–Trinajstić information content (AvgIpc) is 2.46. The summed E-state index contributed by atoms with van der Waals surface area (Å²) >= 11 is 0. The predicted molar refractivity (Wildman–Crippen MR) is 72.4 cm³/mol. The highest BCUT2D eigenvalue weighted by molar-refractivity contribution is 5.95. The second-order valence-corrected chi connectivity index (χ2v) is 5.13. The van der Waals surface area contributed by atoms with Gasteiger partial charge in [-0.3, -0.25) is 9.59 Å². The lowest BCUT2D eigenvalue weighted by Crippen LogP contribution is -2.42. The zero-order valence-electron chi connectivity index (χ0n) is 11.8. The Kier molecular flexibility index (Phi) is 4.32. The van der Waals surface area contributed by atoms with Crippen molar-refractivity contribution in [1.29, 1.82) is 0 Å². The lowest BCUT2D eigenvalue weighted by Gasteiger charge is -2.31. The normalized spacial score (nSPS) is 18.9. The third-order valence-corrected chi connectivity index (χ3v) is 3.62. The zero-order valence-corrected chi connectivity index (χ0v) is 11.8. The van der Waals surface area contributed by atoms with Crippen LogP contribution >= 0.6 is 0 Å². The third-order valence-electron chi connectivity index (χ3n) is 3.62. The number of aryl methyl sites for hydroxylation is 2. The molecule has 1 fully saturated rings. The molecule has 0 spiro atoms. The molecule has 1 amide bonds.